The first-order valence-electron chi connectivity index (χ1n) is 4.73. The Morgan fingerprint density at radius 2 is 2.13 bits per heavy atom. The van der Waals surface area contributed by atoms with Crippen LogP contribution in [0.25, 0.3) is 0 Å². The van der Waals surface area contributed by atoms with Crippen molar-refractivity contribution < 1.29 is 13.2 Å². The van der Waals surface area contributed by atoms with Crippen LogP contribution in [0.15, 0.2) is 12.4 Å². The third-order valence-electron chi connectivity index (χ3n) is 2.03. The summed E-state index contributed by atoms with van der Waals surface area (Å²) in [6.45, 7) is 0.481. The van der Waals surface area contributed by atoms with E-state index in [1.54, 1.807) is 6.20 Å². The van der Waals surface area contributed by atoms with Gasteiger partial charge in [0, 0.05) is 39.0 Å². The molecule has 1 N–H and O–H groups in total. The van der Waals surface area contributed by atoms with E-state index in [2.05, 4.69) is 10.3 Å². The molecule has 1 rings (SSSR count). The highest BCUT2D eigenvalue weighted by atomic mass is 19.4. The average molecular weight is 221 g/mol. The molecule has 0 amide bonds. The Morgan fingerprint density at radius 1 is 1.40 bits per heavy atom. The molecular formula is C9H14F3N3. The fourth-order valence-corrected chi connectivity index (χ4v) is 1.19. The van der Waals surface area contributed by atoms with Gasteiger partial charge in [0.1, 0.15) is 5.82 Å². The molecule has 15 heavy (non-hydrogen) atoms. The van der Waals surface area contributed by atoms with Crippen molar-refractivity contribution in [2.45, 2.75) is 19.0 Å². The van der Waals surface area contributed by atoms with Crippen molar-refractivity contribution in [3.05, 3.63) is 18.2 Å². The lowest BCUT2D eigenvalue weighted by molar-refractivity contribution is -0.133. The molecule has 86 valence electrons. The van der Waals surface area contributed by atoms with Gasteiger partial charge in [-0.25, -0.2) is 4.98 Å². The van der Waals surface area contributed by atoms with Gasteiger partial charge in [-0.05, 0) is 0 Å². The minimum Gasteiger partial charge on any atom is -0.338 e. The summed E-state index contributed by atoms with van der Waals surface area (Å²) in [5, 5.41) is 2.73. The molecule has 0 aliphatic rings. The number of alkyl halides is 3. The number of halogens is 3. The van der Waals surface area contributed by atoms with Crippen molar-refractivity contribution in [3.63, 3.8) is 0 Å². The second kappa shape index (κ2) is 5.16. The largest absolute Gasteiger partial charge is 0.390 e. The van der Waals surface area contributed by atoms with Crippen LogP contribution in [-0.2, 0) is 13.5 Å². The van der Waals surface area contributed by atoms with Crippen LogP contribution in [0.4, 0.5) is 13.2 Å². The molecule has 0 bridgehead atoms. The second-order valence-corrected chi connectivity index (χ2v) is 3.32. The van der Waals surface area contributed by atoms with Gasteiger partial charge >= 0.3 is 6.18 Å². The molecule has 0 spiro atoms. The summed E-state index contributed by atoms with van der Waals surface area (Å²) in [7, 11) is 1.86. The Kier molecular flexibility index (Phi) is 4.14. The van der Waals surface area contributed by atoms with E-state index >= 15 is 0 Å². The van der Waals surface area contributed by atoms with Gasteiger partial charge in [0.2, 0.25) is 0 Å². The Hall–Kier alpha value is -1.04. The van der Waals surface area contributed by atoms with Gasteiger partial charge in [0.15, 0.2) is 0 Å². The SMILES string of the molecule is Cn1ccnc1CCNCCC(F)(F)F. The highest BCUT2D eigenvalue weighted by Crippen LogP contribution is 2.17. The molecule has 0 unspecified atom stereocenters. The summed E-state index contributed by atoms with van der Waals surface area (Å²) in [5.74, 6) is 0.870. The molecule has 0 atom stereocenters. The lowest BCUT2D eigenvalue weighted by Crippen LogP contribution is -2.24. The topological polar surface area (TPSA) is 29.9 Å². The third-order valence-corrected chi connectivity index (χ3v) is 2.03. The summed E-state index contributed by atoms with van der Waals surface area (Å²) < 4.78 is 37.1. The number of nitrogens with one attached hydrogen (secondary N) is 1. The van der Waals surface area contributed by atoms with E-state index in [1.165, 1.54) is 0 Å². The smallest absolute Gasteiger partial charge is 0.338 e. The molecule has 0 aliphatic heterocycles. The summed E-state index contributed by atoms with van der Waals surface area (Å²) in [6.07, 6.45) is -0.735. The molecule has 0 fully saturated rings. The van der Waals surface area contributed by atoms with Gasteiger partial charge < -0.3 is 9.88 Å². The Morgan fingerprint density at radius 3 is 2.67 bits per heavy atom. The van der Waals surface area contributed by atoms with E-state index in [1.807, 2.05) is 17.8 Å². The molecule has 0 aliphatic carbocycles. The Bertz CT molecular complexity index is 293. The molecule has 3 nitrogen and oxygen atoms in total. The maximum absolute atomic E-state index is 11.8. The number of aryl methyl sites for hydroxylation is 1. The van der Waals surface area contributed by atoms with Crippen LogP contribution in [0, 0.1) is 0 Å². The van der Waals surface area contributed by atoms with Gasteiger partial charge in [-0.2, -0.15) is 13.2 Å². The van der Waals surface area contributed by atoms with Gasteiger partial charge in [0.25, 0.3) is 0 Å². The molecule has 0 radical (unpaired) electrons. The summed E-state index contributed by atoms with van der Waals surface area (Å²) >= 11 is 0. The molecule has 1 aromatic rings. The predicted molar refractivity (Wildman–Crippen MR) is 50.5 cm³/mol. The molecule has 1 heterocycles. The van der Waals surface area contributed by atoms with Gasteiger partial charge in [0.05, 0.1) is 6.42 Å². The van der Waals surface area contributed by atoms with E-state index in [0.29, 0.717) is 13.0 Å². The molecule has 0 aromatic carbocycles. The molecule has 0 saturated heterocycles. The van der Waals surface area contributed by atoms with Crippen molar-refractivity contribution in [2.24, 2.45) is 7.05 Å². The van der Waals surface area contributed by atoms with Gasteiger partial charge in [-0.1, -0.05) is 0 Å². The first-order valence-corrected chi connectivity index (χ1v) is 4.73. The minimum atomic E-state index is -4.07. The second-order valence-electron chi connectivity index (χ2n) is 3.32. The summed E-state index contributed by atoms with van der Waals surface area (Å²) in [6, 6.07) is 0. The number of aromatic nitrogens is 2. The monoisotopic (exact) mass is 221 g/mol. The van der Waals surface area contributed by atoms with Crippen LogP contribution in [0.3, 0.4) is 0 Å². The number of hydrogen-bond acceptors (Lipinski definition) is 2. The van der Waals surface area contributed by atoms with Crippen LogP contribution in [0.1, 0.15) is 12.2 Å². The van der Waals surface area contributed by atoms with Crippen LogP contribution < -0.4 is 5.32 Å². The first-order chi connectivity index (χ1) is 6.99. The van der Waals surface area contributed by atoms with Gasteiger partial charge in [-0.3, -0.25) is 0 Å². The summed E-state index contributed by atoms with van der Waals surface area (Å²) in [5.41, 5.74) is 0. The number of nitrogens with zero attached hydrogens (tertiary/aromatic N) is 2. The van der Waals surface area contributed by atoms with E-state index in [9.17, 15) is 13.2 Å². The zero-order valence-electron chi connectivity index (χ0n) is 8.51. The van der Waals surface area contributed by atoms with Crippen molar-refractivity contribution in [3.8, 4) is 0 Å². The highest BCUT2D eigenvalue weighted by Gasteiger charge is 2.25. The molecule has 1 aromatic heterocycles. The maximum atomic E-state index is 11.8. The van der Waals surface area contributed by atoms with E-state index in [-0.39, 0.29) is 6.54 Å². The average Bonchev–Trinajstić information content (AvgIpc) is 2.49. The van der Waals surface area contributed by atoms with Crippen molar-refractivity contribution in [1.29, 1.82) is 0 Å². The van der Waals surface area contributed by atoms with Gasteiger partial charge in [-0.15, -0.1) is 0 Å². The van der Waals surface area contributed by atoms with Crippen molar-refractivity contribution in [2.75, 3.05) is 13.1 Å². The normalized spacial score (nSPS) is 12.0. The minimum absolute atomic E-state index is 0.0338. The zero-order valence-corrected chi connectivity index (χ0v) is 8.51. The maximum Gasteiger partial charge on any atom is 0.390 e. The predicted octanol–water partition coefficient (Wildman–Crippen LogP) is 1.50. The lowest BCUT2D eigenvalue weighted by atomic mass is 10.3. The fraction of sp³-hybridized carbons (Fsp3) is 0.667. The molecular weight excluding hydrogens is 207 g/mol. The number of rotatable bonds is 5. The number of imidazole rings is 1. The van der Waals surface area contributed by atoms with Crippen molar-refractivity contribution in [1.82, 2.24) is 14.9 Å². The fourth-order valence-electron chi connectivity index (χ4n) is 1.19. The standard InChI is InChI=1S/C9H14F3N3/c1-15-7-6-14-8(15)2-4-13-5-3-9(10,11)12/h6-7,13H,2-5H2,1H3. The van der Waals surface area contributed by atoms with E-state index < -0.39 is 12.6 Å². The molecule has 6 heteroatoms. The first kappa shape index (κ1) is 12.0. The van der Waals surface area contributed by atoms with Crippen LogP contribution in [0.2, 0.25) is 0 Å². The van der Waals surface area contributed by atoms with E-state index in [0.717, 1.165) is 5.82 Å². The summed E-state index contributed by atoms with van der Waals surface area (Å²) in [4.78, 5) is 4.06. The number of hydrogen-bond donors (Lipinski definition) is 1. The Labute approximate surface area is 86.3 Å². The Balaban J connectivity index is 2.10. The van der Waals surface area contributed by atoms with Crippen LogP contribution in [-0.4, -0.2) is 28.8 Å². The quantitative estimate of drug-likeness (QED) is 0.764. The van der Waals surface area contributed by atoms with Crippen LogP contribution in [0.5, 0.6) is 0 Å². The zero-order chi connectivity index (χ0) is 11.3. The third kappa shape index (κ3) is 4.83. The lowest BCUT2D eigenvalue weighted by Gasteiger charge is -2.07. The molecule has 0 saturated carbocycles. The highest BCUT2D eigenvalue weighted by molar-refractivity contribution is 4.91. The van der Waals surface area contributed by atoms with Crippen molar-refractivity contribution >= 4 is 0 Å². The van der Waals surface area contributed by atoms with Crippen LogP contribution >= 0.6 is 0 Å². The van der Waals surface area contributed by atoms with E-state index in [4.69, 9.17) is 0 Å².